The highest BCUT2D eigenvalue weighted by Crippen LogP contribution is 2.26. The summed E-state index contributed by atoms with van der Waals surface area (Å²) in [6, 6.07) is 4.70. The van der Waals surface area contributed by atoms with Crippen LogP contribution in [0.5, 0.6) is 0 Å². The minimum Gasteiger partial charge on any atom is -0.367 e. The lowest BCUT2D eigenvalue weighted by atomic mass is 9.95. The molecule has 1 aromatic carbocycles. The second kappa shape index (κ2) is 6.05. The molecular weight excluding hydrogens is 267 g/mol. The molecule has 1 aromatic rings. The SMILES string of the molecule is CNC1CC(NC)(Nc2ccc(F)c(Cl)c2)CCN1. The highest BCUT2D eigenvalue weighted by molar-refractivity contribution is 6.31. The number of benzene rings is 1. The maximum atomic E-state index is 13.2. The summed E-state index contributed by atoms with van der Waals surface area (Å²) in [6.45, 7) is 0.897. The van der Waals surface area contributed by atoms with E-state index < -0.39 is 5.82 Å². The predicted octanol–water partition coefficient (Wildman–Crippen LogP) is 1.74. The molecule has 0 saturated carbocycles. The van der Waals surface area contributed by atoms with Gasteiger partial charge in [-0.15, -0.1) is 0 Å². The van der Waals surface area contributed by atoms with Crippen LogP contribution < -0.4 is 21.3 Å². The van der Waals surface area contributed by atoms with Crippen LogP contribution in [0.2, 0.25) is 5.02 Å². The number of piperidine rings is 1. The quantitative estimate of drug-likeness (QED) is 0.637. The summed E-state index contributed by atoms with van der Waals surface area (Å²) in [6.07, 6.45) is 2.04. The molecule has 0 bridgehead atoms. The van der Waals surface area contributed by atoms with Gasteiger partial charge in [0.05, 0.1) is 16.9 Å². The zero-order valence-corrected chi connectivity index (χ0v) is 11.9. The van der Waals surface area contributed by atoms with Crippen molar-refractivity contribution in [3.8, 4) is 0 Å². The maximum absolute atomic E-state index is 13.2. The van der Waals surface area contributed by atoms with Gasteiger partial charge in [-0.05, 0) is 38.7 Å². The summed E-state index contributed by atoms with van der Waals surface area (Å²) >= 11 is 5.82. The molecule has 2 rings (SSSR count). The van der Waals surface area contributed by atoms with Crippen molar-refractivity contribution >= 4 is 17.3 Å². The topological polar surface area (TPSA) is 48.1 Å². The summed E-state index contributed by atoms with van der Waals surface area (Å²) in [4.78, 5) is 0. The molecule has 19 heavy (non-hydrogen) atoms. The molecule has 1 aliphatic rings. The number of hydrogen-bond acceptors (Lipinski definition) is 4. The molecular formula is C13H20ClFN4. The van der Waals surface area contributed by atoms with Gasteiger partial charge in [0.1, 0.15) is 5.82 Å². The lowest BCUT2D eigenvalue weighted by Crippen LogP contribution is -2.62. The van der Waals surface area contributed by atoms with Crippen molar-refractivity contribution in [1.29, 1.82) is 0 Å². The molecule has 106 valence electrons. The Labute approximate surface area is 118 Å². The molecule has 1 fully saturated rings. The van der Waals surface area contributed by atoms with Crippen LogP contribution in [0.1, 0.15) is 12.8 Å². The van der Waals surface area contributed by atoms with Gasteiger partial charge in [0.15, 0.2) is 0 Å². The molecule has 0 aromatic heterocycles. The van der Waals surface area contributed by atoms with Crippen molar-refractivity contribution < 1.29 is 4.39 Å². The van der Waals surface area contributed by atoms with Gasteiger partial charge in [0.25, 0.3) is 0 Å². The molecule has 1 saturated heterocycles. The van der Waals surface area contributed by atoms with Gasteiger partial charge < -0.3 is 16.0 Å². The summed E-state index contributed by atoms with van der Waals surface area (Å²) in [5, 5.41) is 13.5. The Kier molecular flexibility index (Phi) is 4.62. The molecule has 1 aliphatic heterocycles. The van der Waals surface area contributed by atoms with Gasteiger partial charge in [-0.2, -0.15) is 0 Å². The zero-order chi connectivity index (χ0) is 13.9. The van der Waals surface area contributed by atoms with Gasteiger partial charge in [0.2, 0.25) is 0 Å². The van der Waals surface area contributed by atoms with Gasteiger partial charge in [-0.1, -0.05) is 11.6 Å². The Morgan fingerprint density at radius 3 is 2.84 bits per heavy atom. The molecule has 4 N–H and O–H groups in total. The number of hydrogen-bond donors (Lipinski definition) is 4. The molecule has 2 unspecified atom stereocenters. The van der Waals surface area contributed by atoms with Crippen molar-refractivity contribution in [3.63, 3.8) is 0 Å². The summed E-state index contributed by atoms with van der Waals surface area (Å²) in [5.74, 6) is -0.399. The fourth-order valence-electron chi connectivity index (χ4n) is 2.44. The van der Waals surface area contributed by atoms with Crippen molar-refractivity contribution in [1.82, 2.24) is 16.0 Å². The Morgan fingerprint density at radius 2 is 2.21 bits per heavy atom. The fraction of sp³-hybridized carbons (Fsp3) is 0.538. The van der Waals surface area contributed by atoms with Crippen molar-refractivity contribution in [2.45, 2.75) is 24.7 Å². The zero-order valence-electron chi connectivity index (χ0n) is 11.2. The molecule has 0 radical (unpaired) electrons. The lowest BCUT2D eigenvalue weighted by Gasteiger charge is -2.42. The molecule has 0 spiro atoms. The molecule has 0 amide bonds. The molecule has 1 heterocycles. The third-order valence-electron chi connectivity index (χ3n) is 3.63. The first kappa shape index (κ1) is 14.5. The van der Waals surface area contributed by atoms with Crippen LogP contribution >= 0.6 is 11.6 Å². The highest BCUT2D eigenvalue weighted by atomic mass is 35.5. The van der Waals surface area contributed by atoms with E-state index in [4.69, 9.17) is 11.6 Å². The van der Waals surface area contributed by atoms with Crippen LogP contribution in [0.3, 0.4) is 0 Å². The second-order valence-electron chi connectivity index (χ2n) is 4.84. The van der Waals surface area contributed by atoms with Crippen molar-refractivity contribution in [2.75, 3.05) is 26.0 Å². The standard InChI is InChI=1S/C13H20ClFN4/c1-16-12-8-13(17-2,5-6-18-12)19-9-3-4-11(15)10(14)7-9/h3-4,7,12,16-19H,5-6,8H2,1-2H3. The molecule has 0 aliphatic carbocycles. The third-order valence-corrected chi connectivity index (χ3v) is 3.91. The van der Waals surface area contributed by atoms with Gasteiger partial charge in [0, 0.05) is 18.7 Å². The third kappa shape index (κ3) is 3.36. The molecule has 6 heteroatoms. The van der Waals surface area contributed by atoms with Crippen molar-refractivity contribution in [2.24, 2.45) is 0 Å². The van der Waals surface area contributed by atoms with Gasteiger partial charge in [-0.3, -0.25) is 5.32 Å². The fourth-order valence-corrected chi connectivity index (χ4v) is 2.62. The number of nitrogens with one attached hydrogen (secondary N) is 4. The first-order valence-corrected chi connectivity index (χ1v) is 6.79. The Bertz CT molecular complexity index is 443. The molecule has 2 atom stereocenters. The van der Waals surface area contributed by atoms with E-state index in [1.54, 1.807) is 12.1 Å². The minimum absolute atomic E-state index is 0.135. The first-order valence-electron chi connectivity index (χ1n) is 6.41. The smallest absolute Gasteiger partial charge is 0.141 e. The largest absolute Gasteiger partial charge is 0.367 e. The average Bonchev–Trinajstić information content (AvgIpc) is 2.43. The van der Waals surface area contributed by atoms with E-state index in [9.17, 15) is 4.39 Å². The van der Waals surface area contributed by atoms with Gasteiger partial charge in [-0.25, -0.2) is 4.39 Å². The summed E-state index contributed by atoms with van der Waals surface area (Å²) in [5.41, 5.74) is 0.595. The van der Waals surface area contributed by atoms with E-state index in [-0.39, 0.29) is 16.9 Å². The Morgan fingerprint density at radius 1 is 1.42 bits per heavy atom. The van der Waals surface area contributed by atoms with E-state index >= 15 is 0 Å². The number of halogens is 2. The van der Waals surface area contributed by atoms with Crippen LogP contribution in [-0.4, -0.2) is 32.5 Å². The summed E-state index contributed by atoms with van der Waals surface area (Å²) in [7, 11) is 3.86. The van der Waals surface area contributed by atoms with Crippen LogP contribution in [0.15, 0.2) is 18.2 Å². The van der Waals surface area contributed by atoms with Crippen LogP contribution in [0, 0.1) is 5.82 Å². The predicted molar refractivity (Wildman–Crippen MR) is 76.9 cm³/mol. The lowest BCUT2D eigenvalue weighted by molar-refractivity contribution is 0.227. The monoisotopic (exact) mass is 286 g/mol. The normalized spacial score (nSPS) is 27.3. The minimum atomic E-state index is -0.399. The highest BCUT2D eigenvalue weighted by Gasteiger charge is 2.34. The van der Waals surface area contributed by atoms with Crippen molar-refractivity contribution in [3.05, 3.63) is 29.0 Å². The van der Waals surface area contributed by atoms with Crippen LogP contribution in [0.4, 0.5) is 10.1 Å². The number of rotatable bonds is 4. The van der Waals surface area contributed by atoms with E-state index in [1.165, 1.54) is 6.07 Å². The van der Waals surface area contributed by atoms with E-state index in [1.807, 2.05) is 14.1 Å². The van der Waals surface area contributed by atoms with Gasteiger partial charge >= 0.3 is 0 Å². The van der Waals surface area contributed by atoms with E-state index in [2.05, 4.69) is 21.3 Å². The Hall–Kier alpha value is -0.880. The molecule has 4 nitrogen and oxygen atoms in total. The average molecular weight is 287 g/mol. The van der Waals surface area contributed by atoms with Crippen LogP contribution in [-0.2, 0) is 0 Å². The number of anilines is 1. The second-order valence-corrected chi connectivity index (χ2v) is 5.24. The first-order chi connectivity index (χ1) is 9.08. The van der Waals surface area contributed by atoms with Crippen LogP contribution in [0.25, 0.3) is 0 Å². The van der Waals surface area contributed by atoms with E-state index in [0.29, 0.717) is 0 Å². The van der Waals surface area contributed by atoms with E-state index in [0.717, 1.165) is 25.1 Å². The maximum Gasteiger partial charge on any atom is 0.141 e. The Balaban J connectivity index is 2.15. The summed E-state index contributed by atoms with van der Waals surface area (Å²) < 4.78 is 13.2.